The zero-order valence-corrected chi connectivity index (χ0v) is 8.02. The molecule has 0 aliphatic heterocycles. The topological polar surface area (TPSA) is 20.2 Å². The number of aryl methyl sites for hydroxylation is 1. The van der Waals surface area contributed by atoms with Crippen molar-refractivity contribution in [2.75, 3.05) is 0 Å². The van der Waals surface area contributed by atoms with Gasteiger partial charge in [0.25, 0.3) is 0 Å². The summed E-state index contributed by atoms with van der Waals surface area (Å²) in [7, 11) is 0. The molecule has 1 N–H and O–H groups in total. The van der Waals surface area contributed by atoms with Crippen molar-refractivity contribution in [2.45, 2.75) is 33.6 Å². The maximum atomic E-state index is 9.45. The van der Waals surface area contributed by atoms with Crippen molar-refractivity contribution in [3.8, 4) is 5.75 Å². The summed E-state index contributed by atoms with van der Waals surface area (Å²) in [6, 6.07) is 3.75. The van der Waals surface area contributed by atoms with Crippen LogP contribution in [0.5, 0.6) is 5.75 Å². The molecule has 0 amide bonds. The van der Waals surface area contributed by atoms with Gasteiger partial charge in [-0.3, -0.25) is 0 Å². The molecule has 1 aromatic rings. The van der Waals surface area contributed by atoms with Gasteiger partial charge in [0, 0.05) is 0 Å². The highest BCUT2D eigenvalue weighted by molar-refractivity contribution is 5.42. The van der Waals surface area contributed by atoms with Gasteiger partial charge in [0.15, 0.2) is 0 Å². The van der Waals surface area contributed by atoms with Crippen LogP contribution >= 0.6 is 0 Å². The third-order valence-electron chi connectivity index (χ3n) is 2.30. The lowest BCUT2D eigenvalue weighted by atomic mass is 9.98. The van der Waals surface area contributed by atoms with E-state index < -0.39 is 0 Å². The molecule has 0 aliphatic carbocycles. The predicted molar refractivity (Wildman–Crippen MR) is 51.6 cm³/mol. The van der Waals surface area contributed by atoms with Crippen molar-refractivity contribution in [1.82, 2.24) is 0 Å². The summed E-state index contributed by atoms with van der Waals surface area (Å²) in [5.74, 6) is 0.420. The normalized spacial score (nSPS) is 10.2. The lowest BCUT2D eigenvalue weighted by Gasteiger charge is -2.09. The van der Waals surface area contributed by atoms with Crippen molar-refractivity contribution in [3.05, 3.63) is 28.8 Å². The number of hydrogen-bond donors (Lipinski definition) is 1. The zero-order chi connectivity index (χ0) is 9.14. The van der Waals surface area contributed by atoms with E-state index in [-0.39, 0.29) is 0 Å². The van der Waals surface area contributed by atoms with E-state index in [0.29, 0.717) is 5.75 Å². The molecule has 0 fully saturated rings. The number of phenols is 1. The van der Waals surface area contributed by atoms with Gasteiger partial charge in [0.2, 0.25) is 0 Å². The minimum Gasteiger partial charge on any atom is -0.508 e. The lowest BCUT2D eigenvalue weighted by molar-refractivity contribution is 0.470. The molecular formula is C11H16O. The van der Waals surface area contributed by atoms with Gasteiger partial charge in [-0.2, -0.15) is 0 Å². The van der Waals surface area contributed by atoms with E-state index in [1.54, 1.807) is 6.07 Å². The van der Waals surface area contributed by atoms with E-state index >= 15 is 0 Å². The molecule has 0 saturated carbocycles. The maximum Gasteiger partial charge on any atom is 0.118 e. The fourth-order valence-electron chi connectivity index (χ4n) is 1.51. The van der Waals surface area contributed by atoms with Gasteiger partial charge < -0.3 is 5.11 Å². The molecule has 0 heterocycles. The van der Waals surface area contributed by atoms with Gasteiger partial charge in [-0.15, -0.1) is 0 Å². The summed E-state index contributed by atoms with van der Waals surface area (Å²) in [5, 5.41) is 9.45. The summed E-state index contributed by atoms with van der Waals surface area (Å²) in [6.45, 7) is 6.23. The van der Waals surface area contributed by atoms with Crippen molar-refractivity contribution in [3.63, 3.8) is 0 Å². The van der Waals surface area contributed by atoms with E-state index in [1.165, 1.54) is 11.1 Å². The number of phenolic OH excluding ortho intramolecular Hbond substituents is 1. The standard InChI is InChI=1S/C11H16O/c1-4-5-10-8(2)6-7-11(12)9(10)3/h6-7,12H,4-5H2,1-3H3. The lowest BCUT2D eigenvalue weighted by Crippen LogP contribution is -1.92. The SMILES string of the molecule is CCCc1c(C)ccc(O)c1C. The van der Waals surface area contributed by atoms with Gasteiger partial charge in [-0.05, 0) is 43.0 Å². The Balaban J connectivity index is 3.14. The number of rotatable bonds is 2. The minimum absolute atomic E-state index is 0.420. The highest BCUT2D eigenvalue weighted by atomic mass is 16.3. The summed E-state index contributed by atoms with van der Waals surface area (Å²) in [6.07, 6.45) is 2.19. The highest BCUT2D eigenvalue weighted by Gasteiger charge is 2.04. The first-order chi connectivity index (χ1) is 5.66. The quantitative estimate of drug-likeness (QED) is 0.712. The molecule has 66 valence electrons. The molecular weight excluding hydrogens is 148 g/mol. The molecule has 0 radical (unpaired) electrons. The maximum absolute atomic E-state index is 9.45. The second kappa shape index (κ2) is 3.61. The smallest absolute Gasteiger partial charge is 0.118 e. The Hall–Kier alpha value is -0.980. The van der Waals surface area contributed by atoms with Gasteiger partial charge in [0.05, 0.1) is 0 Å². The molecule has 1 rings (SSSR count). The van der Waals surface area contributed by atoms with Gasteiger partial charge in [-0.1, -0.05) is 19.4 Å². The fraction of sp³-hybridized carbons (Fsp3) is 0.455. The molecule has 1 heteroatoms. The molecule has 0 atom stereocenters. The van der Waals surface area contributed by atoms with E-state index in [4.69, 9.17) is 0 Å². The van der Waals surface area contributed by atoms with E-state index in [9.17, 15) is 5.11 Å². The Labute approximate surface area is 74.1 Å². The highest BCUT2D eigenvalue weighted by Crippen LogP contribution is 2.23. The van der Waals surface area contributed by atoms with Crippen LogP contribution in [0, 0.1) is 13.8 Å². The second-order valence-corrected chi connectivity index (χ2v) is 3.26. The van der Waals surface area contributed by atoms with Crippen molar-refractivity contribution >= 4 is 0 Å². The number of aromatic hydroxyl groups is 1. The summed E-state index contributed by atoms with van der Waals surface area (Å²) < 4.78 is 0. The van der Waals surface area contributed by atoms with Crippen molar-refractivity contribution < 1.29 is 5.11 Å². The van der Waals surface area contributed by atoms with Crippen molar-refractivity contribution in [2.24, 2.45) is 0 Å². The molecule has 12 heavy (non-hydrogen) atoms. The Morgan fingerprint density at radius 1 is 1.25 bits per heavy atom. The molecule has 0 bridgehead atoms. The summed E-state index contributed by atoms with van der Waals surface area (Å²) >= 11 is 0. The molecule has 0 spiro atoms. The first-order valence-corrected chi connectivity index (χ1v) is 4.44. The monoisotopic (exact) mass is 164 g/mol. The van der Waals surface area contributed by atoms with Gasteiger partial charge in [0.1, 0.15) is 5.75 Å². The van der Waals surface area contributed by atoms with Gasteiger partial charge >= 0.3 is 0 Å². The number of hydrogen-bond acceptors (Lipinski definition) is 1. The fourth-order valence-corrected chi connectivity index (χ4v) is 1.51. The first kappa shape index (κ1) is 9.11. The Morgan fingerprint density at radius 2 is 1.92 bits per heavy atom. The Kier molecular flexibility index (Phi) is 2.74. The Morgan fingerprint density at radius 3 is 2.50 bits per heavy atom. The van der Waals surface area contributed by atoms with Crippen LogP contribution in [0.2, 0.25) is 0 Å². The largest absolute Gasteiger partial charge is 0.508 e. The average Bonchev–Trinajstić information content (AvgIpc) is 2.06. The van der Waals surface area contributed by atoms with Gasteiger partial charge in [-0.25, -0.2) is 0 Å². The van der Waals surface area contributed by atoms with E-state index in [1.807, 2.05) is 13.0 Å². The van der Waals surface area contributed by atoms with E-state index in [0.717, 1.165) is 18.4 Å². The molecule has 0 unspecified atom stereocenters. The molecule has 0 saturated heterocycles. The molecule has 1 nitrogen and oxygen atoms in total. The minimum atomic E-state index is 0.420. The molecule has 1 aromatic carbocycles. The molecule has 0 aromatic heterocycles. The predicted octanol–water partition coefficient (Wildman–Crippen LogP) is 2.96. The number of benzene rings is 1. The average molecular weight is 164 g/mol. The first-order valence-electron chi connectivity index (χ1n) is 4.44. The summed E-state index contributed by atoms with van der Waals surface area (Å²) in [4.78, 5) is 0. The van der Waals surface area contributed by atoms with Crippen LogP contribution in [0.3, 0.4) is 0 Å². The van der Waals surface area contributed by atoms with Crippen LogP contribution < -0.4 is 0 Å². The summed E-state index contributed by atoms with van der Waals surface area (Å²) in [5.41, 5.74) is 3.63. The second-order valence-electron chi connectivity index (χ2n) is 3.26. The Bertz CT molecular complexity index is 277. The van der Waals surface area contributed by atoms with Crippen LogP contribution in [0.25, 0.3) is 0 Å². The zero-order valence-electron chi connectivity index (χ0n) is 8.02. The molecule has 0 aliphatic rings. The van der Waals surface area contributed by atoms with Crippen LogP contribution in [-0.2, 0) is 6.42 Å². The third kappa shape index (κ3) is 1.60. The van der Waals surface area contributed by atoms with E-state index in [2.05, 4.69) is 13.8 Å². The van der Waals surface area contributed by atoms with Crippen LogP contribution in [0.15, 0.2) is 12.1 Å². The van der Waals surface area contributed by atoms with Crippen LogP contribution in [0.1, 0.15) is 30.0 Å². The third-order valence-corrected chi connectivity index (χ3v) is 2.30. The van der Waals surface area contributed by atoms with Crippen LogP contribution in [0.4, 0.5) is 0 Å². The van der Waals surface area contributed by atoms with Crippen molar-refractivity contribution in [1.29, 1.82) is 0 Å². The van der Waals surface area contributed by atoms with Crippen LogP contribution in [-0.4, -0.2) is 5.11 Å².